The van der Waals surface area contributed by atoms with Crippen LogP contribution in [0.4, 0.5) is 5.69 Å². The number of likely N-dealkylation sites (tertiary alicyclic amines) is 1. The Morgan fingerprint density at radius 2 is 1.37 bits per heavy atom. The number of hydrogen-bond acceptors (Lipinski definition) is 4. The maximum Gasteiger partial charge on any atom is 0.225 e. The number of nitrogens with zero attached hydrogens (tertiary/aromatic N) is 3. The number of hydrogen-bond donors (Lipinski definition) is 0. The van der Waals surface area contributed by atoms with Crippen LogP contribution < -0.4 is 9.64 Å². The van der Waals surface area contributed by atoms with E-state index >= 15 is 0 Å². The average Bonchev–Trinajstić information content (AvgIpc) is 3.58. The topological polar surface area (TPSA) is 53.1 Å². The van der Waals surface area contributed by atoms with E-state index in [1.807, 2.05) is 28.0 Å². The molecule has 0 N–H and O–H groups in total. The Morgan fingerprint density at radius 1 is 0.815 bits per heavy atom. The quantitative estimate of drug-likeness (QED) is 0.812. The molecule has 27 heavy (non-hydrogen) atoms. The first-order valence-corrected chi connectivity index (χ1v) is 10.1. The summed E-state index contributed by atoms with van der Waals surface area (Å²) < 4.78 is 5.46. The van der Waals surface area contributed by atoms with Crippen molar-refractivity contribution in [2.45, 2.75) is 25.7 Å². The predicted molar refractivity (Wildman–Crippen MR) is 104 cm³/mol. The minimum atomic E-state index is 0.0751. The summed E-state index contributed by atoms with van der Waals surface area (Å²) in [5, 5.41) is 0. The smallest absolute Gasteiger partial charge is 0.225 e. The standard InChI is InChI=1S/C21H29N3O3/c1-27-19-5-3-2-4-18(19)22-12-14-24(15-13-22)21(26)17-8-10-23(11-9-17)20(25)16-6-7-16/h2-5,16-17H,6-15H2,1H3. The van der Waals surface area contributed by atoms with Crippen molar-refractivity contribution in [3.8, 4) is 5.75 Å². The van der Waals surface area contributed by atoms with Gasteiger partial charge in [0.05, 0.1) is 12.8 Å². The molecule has 1 aromatic carbocycles. The van der Waals surface area contributed by atoms with Crippen molar-refractivity contribution in [3.63, 3.8) is 0 Å². The molecule has 0 spiro atoms. The summed E-state index contributed by atoms with van der Waals surface area (Å²) in [5.41, 5.74) is 1.10. The van der Waals surface area contributed by atoms with Gasteiger partial charge in [0.2, 0.25) is 11.8 Å². The highest BCUT2D eigenvalue weighted by atomic mass is 16.5. The Bertz CT molecular complexity index is 688. The second-order valence-electron chi connectivity index (χ2n) is 7.86. The van der Waals surface area contributed by atoms with Crippen molar-refractivity contribution in [3.05, 3.63) is 24.3 Å². The first-order chi connectivity index (χ1) is 13.2. The van der Waals surface area contributed by atoms with E-state index in [9.17, 15) is 9.59 Å². The van der Waals surface area contributed by atoms with Crippen LogP contribution >= 0.6 is 0 Å². The fourth-order valence-corrected chi connectivity index (χ4v) is 4.25. The molecule has 2 amide bonds. The Labute approximate surface area is 161 Å². The van der Waals surface area contributed by atoms with Crippen molar-refractivity contribution in [2.24, 2.45) is 11.8 Å². The van der Waals surface area contributed by atoms with Crippen LogP contribution in [0, 0.1) is 11.8 Å². The Balaban J connectivity index is 1.28. The summed E-state index contributed by atoms with van der Waals surface area (Å²) in [4.78, 5) is 31.4. The average molecular weight is 371 g/mol. The number of amides is 2. The van der Waals surface area contributed by atoms with Crippen LogP contribution in [0.5, 0.6) is 5.75 Å². The minimum Gasteiger partial charge on any atom is -0.495 e. The monoisotopic (exact) mass is 371 g/mol. The second-order valence-corrected chi connectivity index (χ2v) is 7.86. The molecule has 1 aliphatic carbocycles. The highest BCUT2D eigenvalue weighted by molar-refractivity contribution is 5.82. The van der Waals surface area contributed by atoms with Gasteiger partial charge in [0.15, 0.2) is 0 Å². The third kappa shape index (κ3) is 3.89. The molecular weight excluding hydrogens is 342 g/mol. The highest BCUT2D eigenvalue weighted by Gasteiger charge is 2.37. The molecule has 2 aliphatic heterocycles. The van der Waals surface area contributed by atoms with E-state index in [0.717, 1.165) is 76.4 Å². The summed E-state index contributed by atoms with van der Waals surface area (Å²) >= 11 is 0. The fourth-order valence-electron chi connectivity index (χ4n) is 4.25. The second kappa shape index (κ2) is 7.79. The van der Waals surface area contributed by atoms with Crippen LogP contribution in [-0.2, 0) is 9.59 Å². The Hall–Kier alpha value is -2.24. The maximum atomic E-state index is 12.9. The molecule has 3 aliphatic rings. The van der Waals surface area contributed by atoms with Crippen molar-refractivity contribution in [1.82, 2.24) is 9.80 Å². The van der Waals surface area contributed by atoms with Gasteiger partial charge in [0.25, 0.3) is 0 Å². The van der Waals surface area contributed by atoms with Gasteiger partial charge in [0, 0.05) is 51.1 Å². The molecule has 0 radical (unpaired) electrons. The van der Waals surface area contributed by atoms with Crippen molar-refractivity contribution < 1.29 is 14.3 Å². The zero-order chi connectivity index (χ0) is 18.8. The number of rotatable bonds is 4. The largest absolute Gasteiger partial charge is 0.495 e. The van der Waals surface area contributed by atoms with E-state index in [0.29, 0.717) is 5.91 Å². The van der Waals surface area contributed by atoms with E-state index < -0.39 is 0 Å². The normalized spacial score (nSPS) is 21.3. The number of carbonyl (C=O) groups excluding carboxylic acids is 2. The molecule has 1 aromatic rings. The van der Waals surface area contributed by atoms with E-state index in [1.165, 1.54) is 0 Å². The van der Waals surface area contributed by atoms with Gasteiger partial charge in [-0.25, -0.2) is 0 Å². The lowest BCUT2D eigenvalue weighted by Gasteiger charge is -2.39. The number of carbonyl (C=O) groups is 2. The highest BCUT2D eigenvalue weighted by Crippen LogP contribution is 2.33. The van der Waals surface area contributed by atoms with E-state index in [1.54, 1.807) is 7.11 Å². The van der Waals surface area contributed by atoms with E-state index in [2.05, 4.69) is 11.0 Å². The first-order valence-electron chi connectivity index (χ1n) is 10.1. The molecular formula is C21H29N3O3. The van der Waals surface area contributed by atoms with Gasteiger partial charge < -0.3 is 19.4 Å². The molecule has 0 aromatic heterocycles. The fraction of sp³-hybridized carbons (Fsp3) is 0.619. The van der Waals surface area contributed by atoms with Gasteiger partial charge in [-0.15, -0.1) is 0 Å². The summed E-state index contributed by atoms with van der Waals surface area (Å²) in [6.45, 7) is 4.63. The number of piperidine rings is 1. The van der Waals surface area contributed by atoms with Gasteiger partial charge in [-0.1, -0.05) is 12.1 Å². The third-order valence-electron chi connectivity index (χ3n) is 6.10. The van der Waals surface area contributed by atoms with Crippen LogP contribution in [0.15, 0.2) is 24.3 Å². The molecule has 0 atom stereocenters. The number of anilines is 1. The van der Waals surface area contributed by atoms with Crippen LogP contribution in [0.25, 0.3) is 0 Å². The lowest BCUT2D eigenvalue weighted by molar-refractivity contribution is -0.141. The minimum absolute atomic E-state index is 0.0751. The van der Waals surface area contributed by atoms with Gasteiger partial charge in [0.1, 0.15) is 5.75 Å². The van der Waals surface area contributed by atoms with Crippen LogP contribution in [0.2, 0.25) is 0 Å². The molecule has 4 rings (SSSR count). The molecule has 0 unspecified atom stereocenters. The number of benzene rings is 1. The molecule has 2 saturated heterocycles. The Kier molecular flexibility index (Phi) is 5.23. The molecule has 1 saturated carbocycles. The van der Waals surface area contributed by atoms with Gasteiger partial charge >= 0.3 is 0 Å². The zero-order valence-electron chi connectivity index (χ0n) is 16.1. The molecule has 2 heterocycles. The number of para-hydroxylation sites is 2. The van der Waals surface area contributed by atoms with Crippen molar-refractivity contribution >= 4 is 17.5 Å². The summed E-state index contributed by atoms with van der Waals surface area (Å²) in [7, 11) is 1.69. The van der Waals surface area contributed by atoms with Gasteiger partial charge in [-0.3, -0.25) is 9.59 Å². The van der Waals surface area contributed by atoms with E-state index in [-0.39, 0.29) is 17.7 Å². The van der Waals surface area contributed by atoms with Gasteiger partial charge in [-0.05, 0) is 37.8 Å². The lowest BCUT2D eigenvalue weighted by atomic mass is 9.94. The number of piperazine rings is 1. The Morgan fingerprint density at radius 3 is 1.96 bits per heavy atom. The van der Waals surface area contributed by atoms with Crippen LogP contribution in [0.3, 0.4) is 0 Å². The van der Waals surface area contributed by atoms with Crippen LogP contribution in [0.1, 0.15) is 25.7 Å². The predicted octanol–water partition coefficient (Wildman–Crippen LogP) is 1.99. The molecule has 6 nitrogen and oxygen atoms in total. The summed E-state index contributed by atoms with van der Waals surface area (Å²) in [6.07, 6.45) is 3.72. The number of ether oxygens (including phenoxy) is 1. The lowest BCUT2D eigenvalue weighted by Crippen LogP contribution is -2.52. The van der Waals surface area contributed by atoms with Crippen LogP contribution in [-0.4, -0.2) is 68.0 Å². The SMILES string of the molecule is COc1ccccc1N1CCN(C(=O)C2CCN(C(=O)C3CC3)CC2)CC1. The molecule has 146 valence electrons. The molecule has 3 fully saturated rings. The van der Waals surface area contributed by atoms with Gasteiger partial charge in [-0.2, -0.15) is 0 Å². The maximum absolute atomic E-state index is 12.9. The molecule has 0 bridgehead atoms. The van der Waals surface area contributed by atoms with Crippen molar-refractivity contribution in [1.29, 1.82) is 0 Å². The zero-order valence-corrected chi connectivity index (χ0v) is 16.1. The third-order valence-corrected chi connectivity index (χ3v) is 6.10. The number of methoxy groups -OCH3 is 1. The first kappa shape index (κ1) is 18.1. The summed E-state index contributed by atoms with van der Waals surface area (Å²) in [6, 6.07) is 8.04. The van der Waals surface area contributed by atoms with E-state index in [4.69, 9.17) is 4.74 Å². The summed E-state index contributed by atoms with van der Waals surface area (Å²) in [5.74, 6) is 1.82. The molecule has 6 heteroatoms. The van der Waals surface area contributed by atoms with Crippen molar-refractivity contribution in [2.75, 3.05) is 51.3 Å².